The summed E-state index contributed by atoms with van der Waals surface area (Å²) in [6.45, 7) is 0. The molecule has 0 bridgehead atoms. The van der Waals surface area contributed by atoms with Crippen molar-refractivity contribution in [1.29, 1.82) is 0 Å². The van der Waals surface area contributed by atoms with Gasteiger partial charge in [0.05, 0.1) is 12.5 Å². The first-order valence-corrected chi connectivity index (χ1v) is 8.44. The molecule has 25 heavy (non-hydrogen) atoms. The lowest BCUT2D eigenvalue weighted by Gasteiger charge is -2.40. The lowest BCUT2D eigenvalue weighted by Crippen LogP contribution is -2.46. The fraction of sp³-hybridized carbons (Fsp3) is 0.263. The molecule has 0 aliphatic heterocycles. The van der Waals surface area contributed by atoms with Crippen molar-refractivity contribution in [3.63, 3.8) is 0 Å². The van der Waals surface area contributed by atoms with Crippen molar-refractivity contribution in [3.8, 4) is 0 Å². The fourth-order valence-electron chi connectivity index (χ4n) is 3.04. The largest absolute Gasteiger partial charge is 0.453 e. The van der Waals surface area contributed by atoms with E-state index in [2.05, 4.69) is 15.4 Å². The van der Waals surface area contributed by atoms with E-state index in [1.54, 1.807) is 24.3 Å². The first-order chi connectivity index (χ1) is 12.0. The van der Waals surface area contributed by atoms with Crippen LogP contribution in [0.5, 0.6) is 0 Å². The van der Waals surface area contributed by atoms with E-state index in [9.17, 15) is 9.59 Å². The van der Waals surface area contributed by atoms with E-state index < -0.39 is 11.5 Å². The lowest BCUT2D eigenvalue weighted by molar-refractivity contribution is -0.124. The number of hydrogen-bond donors (Lipinski definition) is 2. The van der Waals surface area contributed by atoms with Crippen LogP contribution in [0.15, 0.2) is 48.5 Å². The van der Waals surface area contributed by atoms with Crippen LogP contribution in [0, 0.1) is 0 Å². The zero-order chi connectivity index (χ0) is 17.9. The number of methoxy groups -OCH3 is 1. The van der Waals surface area contributed by atoms with E-state index in [1.165, 1.54) is 7.11 Å². The number of carbonyl (C=O) groups is 2. The van der Waals surface area contributed by atoms with Gasteiger partial charge in [0, 0.05) is 16.4 Å². The monoisotopic (exact) mass is 358 g/mol. The molecule has 3 rings (SSSR count). The molecule has 2 N–H and O–H groups in total. The summed E-state index contributed by atoms with van der Waals surface area (Å²) < 4.78 is 4.58. The maximum absolute atomic E-state index is 12.9. The molecule has 0 atom stereocenters. The summed E-state index contributed by atoms with van der Waals surface area (Å²) in [4.78, 5) is 24.2. The second-order valence-corrected chi connectivity index (χ2v) is 6.53. The Labute approximate surface area is 151 Å². The number of halogens is 1. The molecule has 2 aromatic carbocycles. The van der Waals surface area contributed by atoms with Gasteiger partial charge in [0.2, 0.25) is 5.91 Å². The van der Waals surface area contributed by atoms with Gasteiger partial charge in [-0.25, -0.2) is 4.79 Å². The molecule has 0 spiro atoms. The van der Waals surface area contributed by atoms with Crippen LogP contribution in [-0.4, -0.2) is 19.1 Å². The number of hydrogen-bond acceptors (Lipinski definition) is 3. The number of nitrogens with one attached hydrogen (secondary N) is 2. The Hall–Kier alpha value is -2.53. The average molecular weight is 359 g/mol. The quantitative estimate of drug-likeness (QED) is 0.840. The van der Waals surface area contributed by atoms with E-state index in [0.29, 0.717) is 16.4 Å². The maximum atomic E-state index is 12.9. The zero-order valence-electron chi connectivity index (χ0n) is 13.8. The van der Waals surface area contributed by atoms with Gasteiger partial charge >= 0.3 is 6.09 Å². The van der Waals surface area contributed by atoms with Crippen LogP contribution < -0.4 is 10.6 Å². The van der Waals surface area contributed by atoms with Crippen LogP contribution in [0.3, 0.4) is 0 Å². The van der Waals surface area contributed by atoms with E-state index in [4.69, 9.17) is 11.6 Å². The number of amides is 2. The molecular formula is C19H19ClN2O3. The molecule has 130 valence electrons. The minimum Gasteiger partial charge on any atom is -0.453 e. The third-order valence-corrected chi connectivity index (χ3v) is 4.84. The summed E-state index contributed by atoms with van der Waals surface area (Å²) in [6, 6.07) is 14.4. The molecule has 0 heterocycles. The first-order valence-electron chi connectivity index (χ1n) is 8.06. The Kier molecular flexibility index (Phi) is 4.95. The highest BCUT2D eigenvalue weighted by Crippen LogP contribution is 2.44. The van der Waals surface area contributed by atoms with Gasteiger partial charge in [0.15, 0.2) is 0 Å². The Morgan fingerprint density at radius 3 is 2.24 bits per heavy atom. The van der Waals surface area contributed by atoms with Crippen molar-refractivity contribution in [2.45, 2.75) is 24.7 Å². The second kappa shape index (κ2) is 7.15. The zero-order valence-corrected chi connectivity index (χ0v) is 14.6. The van der Waals surface area contributed by atoms with E-state index >= 15 is 0 Å². The van der Waals surface area contributed by atoms with Crippen molar-refractivity contribution < 1.29 is 14.3 Å². The van der Waals surface area contributed by atoms with Crippen LogP contribution in [0.4, 0.5) is 16.2 Å². The first kappa shape index (κ1) is 17.3. The van der Waals surface area contributed by atoms with Crippen LogP contribution in [0.25, 0.3) is 0 Å². The summed E-state index contributed by atoms with van der Waals surface area (Å²) in [5.74, 6) is -0.0451. The molecule has 1 fully saturated rings. The standard InChI is InChI=1S/C19H19ClN2O3/c1-25-18(24)22-16-5-2-4-15(12-16)21-17(23)19(10-3-11-19)13-6-8-14(20)9-7-13/h2,4-9,12H,3,10-11H2,1H3,(H,21,23)(H,22,24). The summed E-state index contributed by atoms with van der Waals surface area (Å²) in [5.41, 5.74) is 1.64. The number of carbonyl (C=O) groups excluding carboxylic acids is 2. The molecule has 0 unspecified atom stereocenters. The van der Waals surface area contributed by atoms with Crippen molar-refractivity contribution >= 4 is 35.0 Å². The van der Waals surface area contributed by atoms with Crippen molar-refractivity contribution in [1.82, 2.24) is 0 Å². The molecule has 2 amide bonds. The number of anilines is 2. The lowest BCUT2D eigenvalue weighted by atomic mass is 9.64. The summed E-state index contributed by atoms with van der Waals surface area (Å²) in [5, 5.41) is 6.20. The number of benzene rings is 2. The van der Waals surface area contributed by atoms with E-state index in [1.807, 2.05) is 24.3 Å². The SMILES string of the molecule is COC(=O)Nc1cccc(NC(=O)C2(c3ccc(Cl)cc3)CCC2)c1. The predicted octanol–water partition coefficient (Wildman–Crippen LogP) is 4.58. The van der Waals surface area contributed by atoms with Crippen LogP contribution in [-0.2, 0) is 14.9 Å². The van der Waals surface area contributed by atoms with Gasteiger partial charge in [-0.3, -0.25) is 10.1 Å². The van der Waals surface area contributed by atoms with Gasteiger partial charge in [-0.15, -0.1) is 0 Å². The second-order valence-electron chi connectivity index (χ2n) is 6.09. The normalized spacial score (nSPS) is 15.0. The van der Waals surface area contributed by atoms with Crippen LogP contribution in [0.2, 0.25) is 5.02 Å². The minimum atomic E-state index is -0.555. The average Bonchev–Trinajstić information content (AvgIpc) is 2.55. The predicted molar refractivity (Wildman–Crippen MR) is 98.1 cm³/mol. The molecule has 0 saturated heterocycles. The smallest absolute Gasteiger partial charge is 0.411 e. The highest BCUT2D eigenvalue weighted by atomic mass is 35.5. The Morgan fingerprint density at radius 1 is 1.04 bits per heavy atom. The molecule has 1 saturated carbocycles. The van der Waals surface area contributed by atoms with Gasteiger partial charge in [-0.2, -0.15) is 0 Å². The Morgan fingerprint density at radius 2 is 1.68 bits per heavy atom. The van der Waals surface area contributed by atoms with Crippen molar-refractivity contribution in [2.24, 2.45) is 0 Å². The molecule has 1 aliphatic carbocycles. The van der Waals surface area contributed by atoms with Gasteiger partial charge in [-0.05, 0) is 48.7 Å². The number of ether oxygens (including phenoxy) is 1. The van der Waals surface area contributed by atoms with E-state index in [0.717, 1.165) is 24.8 Å². The van der Waals surface area contributed by atoms with Gasteiger partial charge in [-0.1, -0.05) is 36.2 Å². The molecule has 0 aromatic heterocycles. The van der Waals surface area contributed by atoms with Crippen molar-refractivity contribution in [2.75, 3.05) is 17.7 Å². The summed E-state index contributed by atoms with van der Waals surface area (Å²) >= 11 is 5.96. The van der Waals surface area contributed by atoms with Gasteiger partial charge < -0.3 is 10.1 Å². The van der Waals surface area contributed by atoms with Crippen molar-refractivity contribution in [3.05, 3.63) is 59.1 Å². The molecular weight excluding hydrogens is 340 g/mol. The Balaban J connectivity index is 1.78. The molecule has 0 radical (unpaired) electrons. The van der Waals surface area contributed by atoms with Gasteiger partial charge in [0.1, 0.15) is 0 Å². The third kappa shape index (κ3) is 3.61. The maximum Gasteiger partial charge on any atom is 0.411 e. The molecule has 5 nitrogen and oxygen atoms in total. The molecule has 1 aliphatic rings. The molecule has 6 heteroatoms. The highest BCUT2D eigenvalue weighted by molar-refractivity contribution is 6.30. The van der Waals surface area contributed by atoms with Crippen LogP contribution >= 0.6 is 11.6 Å². The van der Waals surface area contributed by atoms with Crippen LogP contribution in [0.1, 0.15) is 24.8 Å². The Bertz CT molecular complexity index is 786. The summed E-state index contributed by atoms with van der Waals surface area (Å²) in [7, 11) is 1.30. The topological polar surface area (TPSA) is 67.4 Å². The third-order valence-electron chi connectivity index (χ3n) is 4.59. The molecule has 2 aromatic rings. The van der Waals surface area contributed by atoms with E-state index in [-0.39, 0.29) is 5.91 Å². The fourth-order valence-corrected chi connectivity index (χ4v) is 3.17. The summed E-state index contributed by atoms with van der Waals surface area (Å²) in [6.07, 6.45) is 2.07. The minimum absolute atomic E-state index is 0.0451. The van der Waals surface area contributed by atoms with Gasteiger partial charge in [0.25, 0.3) is 0 Å². The number of rotatable bonds is 4. The highest BCUT2D eigenvalue weighted by Gasteiger charge is 2.45.